The molecular weight excluding hydrogens is 230 g/mol. The molecule has 1 aliphatic carbocycles. The summed E-state index contributed by atoms with van der Waals surface area (Å²) in [7, 11) is 1.69. The van der Waals surface area contributed by atoms with E-state index in [0.29, 0.717) is 19.1 Å². The topological polar surface area (TPSA) is 67.6 Å². The molecule has 1 fully saturated rings. The van der Waals surface area contributed by atoms with Crippen molar-refractivity contribution in [2.45, 2.75) is 32.2 Å². The number of nitrogens with one attached hydrogen (secondary N) is 1. The first-order valence-corrected chi connectivity index (χ1v) is 6.86. The van der Waals surface area contributed by atoms with Crippen LogP contribution in [0, 0.1) is 5.92 Å². The van der Waals surface area contributed by atoms with Crippen LogP contribution < -0.4 is 11.1 Å². The van der Waals surface area contributed by atoms with Crippen LogP contribution in [0.5, 0.6) is 0 Å². The molecule has 0 spiro atoms. The van der Waals surface area contributed by atoms with Crippen molar-refractivity contribution in [1.82, 2.24) is 10.2 Å². The number of primary amides is 1. The zero-order valence-corrected chi connectivity index (χ0v) is 11.9. The van der Waals surface area contributed by atoms with Crippen molar-refractivity contribution >= 4 is 5.91 Å². The highest BCUT2D eigenvalue weighted by molar-refractivity contribution is 5.86. The second-order valence-electron chi connectivity index (χ2n) is 5.00. The van der Waals surface area contributed by atoms with Crippen molar-refractivity contribution in [3.63, 3.8) is 0 Å². The third-order valence-corrected chi connectivity index (χ3v) is 3.74. The standard InChI is InChI=1S/C13H27N3O2/c1-4-15-13(12(14)17,11-6-7-11)10-16(5-2)8-9-18-3/h11,15H,4-10H2,1-3H3,(H2,14,17). The highest BCUT2D eigenvalue weighted by atomic mass is 16.5. The minimum atomic E-state index is -0.557. The minimum absolute atomic E-state index is 0.220. The van der Waals surface area contributed by atoms with Crippen molar-refractivity contribution in [1.29, 1.82) is 0 Å². The van der Waals surface area contributed by atoms with Gasteiger partial charge in [-0.1, -0.05) is 13.8 Å². The van der Waals surface area contributed by atoms with E-state index >= 15 is 0 Å². The molecule has 1 amide bonds. The number of hydrogen-bond donors (Lipinski definition) is 2. The highest BCUT2D eigenvalue weighted by Gasteiger charge is 2.49. The molecule has 0 radical (unpaired) electrons. The number of likely N-dealkylation sites (N-methyl/N-ethyl adjacent to an activating group) is 2. The van der Waals surface area contributed by atoms with Crippen molar-refractivity contribution in [3.8, 4) is 0 Å². The van der Waals surface area contributed by atoms with Crippen molar-refractivity contribution < 1.29 is 9.53 Å². The van der Waals surface area contributed by atoms with Crippen LogP contribution in [0.4, 0.5) is 0 Å². The molecule has 1 rings (SSSR count). The Kier molecular flexibility index (Phi) is 6.05. The van der Waals surface area contributed by atoms with E-state index in [4.69, 9.17) is 10.5 Å². The Hall–Kier alpha value is -0.650. The fourth-order valence-corrected chi connectivity index (χ4v) is 2.51. The van der Waals surface area contributed by atoms with E-state index in [0.717, 1.165) is 32.5 Å². The van der Waals surface area contributed by atoms with Crippen LogP contribution in [-0.4, -0.2) is 56.2 Å². The van der Waals surface area contributed by atoms with Crippen molar-refractivity contribution in [2.24, 2.45) is 11.7 Å². The maximum absolute atomic E-state index is 11.9. The maximum atomic E-state index is 11.9. The molecular formula is C13H27N3O2. The predicted molar refractivity (Wildman–Crippen MR) is 72.3 cm³/mol. The quantitative estimate of drug-likeness (QED) is 0.586. The Bertz CT molecular complexity index is 269. The molecule has 5 nitrogen and oxygen atoms in total. The van der Waals surface area contributed by atoms with Gasteiger partial charge in [-0.05, 0) is 31.8 Å². The largest absolute Gasteiger partial charge is 0.383 e. The number of nitrogens with two attached hydrogens (primary N) is 1. The Labute approximate surface area is 110 Å². The van der Waals surface area contributed by atoms with Crippen LogP contribution in [0.15, 0.2) is 0 Å². The number of carbonyl (C=O) groups is 1. The van der Waals surface area contributed by atoms with Gasteiger partial charge >= 0.3 is 0 Å². The zero-order valence-electron chi connectivity index (χ0n) is 11.9. The molecule has 0 bridgehead atoms. The van der Waals surface area contributed by atoms with E-state index < -0.39 is 5.54 Å². The molecule has 0 heterocycles. The normalized spacial score (nSPS) is 18.9. The Morgan fingerprint density at radius 3 is 2.56 bits per heavy atom. The molecule has 1 atom stereocenters. The van der Waals surface area contributed by atoms with Gasteiger partial charge in [0.2, 0.25) is 5.91 Å². The van der Waals surface area contributed by atoms with E-state index in [9.17, 15) is 4.79 Å². The Morgan fingerprint density at radius 1 is 1.50 bits per heavy atom. The monoisotopic (exact) mass is 257 g/mol. The summed E-state index contributed by atoms with van der Waals surface area (Å²) < 4.78 is 5.11. The van der Waals surface area contributed by atoms with Gasteiger partial charge in [0.05, 0.1) is 6.61 Å². The second-order valence-corrected chi connectivity index (χ2v) is 5.00. The lowest BCUT2D eigenvalue weighted by molar-refractivity contribution is -0.126. The number of amides is 1. The third kappa shape index (κ3) is 3.67. The molecule has 0 saturated heterocycles. The van der Waals surface area contributed by atoms with Gasteiger partial charge in [-0.3, -0.25) is 9.69 Å². The number of carbonyl (C=O) groups excluding carboxylic acids is 1. The van der Waals surface area contributed by atoms with Gasteiger partial charge in [0.1, 0.15) is 5.54 Å². The van der Waals surface area contributed by atoms with Crippen molar-refractivity contribution in [2.75, 3.05) is 39.9 Å². The number of nitrogens with zero attached hydrogens (tertiary/aromatic N) is 1. The second kappa shape index (κ2) is 7.07. The highest BCUT2D eigenvalue weighted by Crippen LogP contribution is 2.40. The fourth-order valence-electron chi connectivity index (χ4n) is 2.51. The molecule has 1 aliphatic rings. The molecule has 0 aromatic rings. The number of methoxy groups -OCH3 is 1. The van der Waals surface area contributed by atoms with Crippen LogP contribution >= 0.6 is 0 Å². The lowest BCUT2D eigenvalue weighted by Crippen LogP contribution is -2.63. The first kappa shape index (κ1) is 15.4. The van der Waals surface area contributed by atoms with E-state index in [1.165, 1.54) is 0 Å². The van der Waals surface area contributed by atoms with E-state index in [2.05, 4.69) is 17.1 Å². The molecule has 18 heavy (non-hydrogen) atoms. The number of hydrogen-bond acceptors (Lipinski definition) is 4. The first-order chi connectivity index (χ1) is 8.60. The number of ether oxygens (including phenoxy) is 1. The zero-order chi connectivity index (χ0) is 13.6. The summed E-state index contributed by atoms with van der Waals surface area (Å²) in [5.74, 6) is 0.175. The third-order valence-electron chi connectivity index (χ3n) is 3.74. The summed E-state index contributed by atoms with van der Waals surface area (Å²) in [5, 5.41) is 3.34. The minimum Gasteiger partial charge on any atom is -0.383 e. The first-order valence-electron chi connectivity index (χ1n) is 6.86. The smallest absolute Gasteiger partial charge is 0.239 e. The average Bonchev–Trinajstić information content (AvgIpc) is 3.17. The lowest BCUT2D eigenvalue weighted by Gasteiger charge is -2.36. The molecule has 106 valence electrons. The van der Waals surface area contributed by atoms with Gasteiger partial charge in [-0.2, -0.15) is 0 Å². The summed E-state index contributed by atoms with van der Waals surface area (Å²) in [6.45, 7) is 7.98. The van der Waals surface area contributed by atoms with Crippen LogP contribution in [0.1, 0.15) is 26.7 Å². The lowest BCUT2D eigenvalue weighted by atomic mass is 9.91. The summed E-state index contributed by atoms with van der Waals surface area (Å²) in [6.07, 6.45) is 2.19. The van der Waals surface area contributed by atoms with Gasteiger partial charge < -0.3 is 15.8 Å². The van der Waals surface area contributed by atoms with Crippen LogP contribution in [0.25, 0.3) is 0 Å². The van der Waals surface area contributed by atoms with Crippen LogP contribution in [-0.2, 0) is 9.53 Å². The van der Waals surface area contributed by atoms with Gasteiger partial charge in [-0.25, -0.2) is 0 Å². The predicted octanol–water partition coefficient (Wildman–Crippen LogP) is 0.198. The molecule has 1 saturated carbocycles. The van der Waals surface area contributed by atoms with Gasteiger partial charge in [-0.15, -0.1) is 0 Å². The van der Waals surface area contributed by atoms with Gasteiger partial charge in [0, 0.05) is 20.2 Å². The van der Waals surface area contributed by atoms with E-state index in [1.54, 1.807) is 7.11 Å². The SMILES string of the molecule is CCNC(CN(CC)CCOC)(C(N)=O)C1CC1. The molecule has 0 aromatic carbocycles. The maximum Gasteiger partial charge on any atom is 0.239 e. The Balaban J connectivity index is 2.72. The van der Waals surface area contributed by atoms with Crippen LogP contribution in [0.2, 0.25) is 0 Å². The molecule has 0 aromatic heterocycles. The molecule has 0 aliphatic heterocycles. The summed E-state index contributed by atoms with van der Waals surface area (Å²) in [6, 6.07) is 0. The van der Waals surface area contributed by atoms with Gasteiger partial charge in [0.25, 0.3) is 0 Å². The summed E-state index contributed by atoms with van der Waals surface area (Å²) in [5.41, 5.74) is 5.11. The molecule has 1 unspecified atom stereocenters. The van der Waals surface area contributed by atoms with E-state index in [1.807, 2.05) is 6.92 Å². The summed E-state index contributed by atoms with van der Waals surface area (Å²) >= 11 is 0. The molecule has 5 heteroatoms. The average molecular weight is 257 g/mol. The van der Waals surface area contributed by atoms with E-state index in [-0.39, 0.29) is 5.91 Å². The van der Waals surface area contributed by atoms with Crippen molar-refractivity contribution in [3.05, 3.63) is 0 Å². The number of rotatable bonds is 10. The van der Waals surface area contributed by atoms with Gasteiger partial charge in [0.15, 0.2) is 0 Å². The van der Waals surface area contributed by atoms with Crippen LogP contribution in [0.3, 0.4) is 0 Å². The fraction of sp³-hybridized carbons (Fsp3) is 0.923. The summed E-state index contributed by atoms with van der Waals surface area (Å²) in [4.78, 5) is 14.2. The molecule has 3 N–H and O–H groups in total. The Morgan fingerprint density at radius 2 is 2.17 bits per heavy atom.